The maximum Gasteiger partial charge on any atom is 0.305 e. The normalized spacial score (nSPS) is 23.2. The highest BCUT2D eigenvalue weighted by atomic mass is 16.7. The molecular formula is C28H42N2O7. The summed E-state index contributed by atoms with van der Waals surface area (Å²) in [5.41, 5.74) is 2.17. The fourth-order valence-electron chi connectivity index (χ4n) is 5.56. The number of hydrogen-bond acceptors (Lipinski definition) is 7. The molecule has 1 aromatic rings. The van der Waals surface area contributed by atoms with Gasteiger partial charge in [0, 0.05) is 33.1 Å². The lowest BCUT2D eigenvalue weighted by atomic mass is 9.75. The molecule has 0 aliphatic carbocycles. The minimum Gasteiger partial charge on any atom is -0.469 e. The standard InChI is InChI=1S/C28H42N2O7/c1-5-6-9-16-29-27(33)25(28(35-3)36-4)30-26(32)24-20(21-13-14-22(24)37-21)17-19-11-8-7-10-18(19)12-15-23(31)34-2/h7-8,10-11,20-22,24-25,28H,5-6,9,12-17H2,1-4H3,(H,29,33)(H,30,32)/t20-,21-,22+,24-,25?/m0/s1. The van der Waals surface area contributed by atoms with Gasteiger partial charge in [0.15, 0.2) is 12.3 Å². The van der Waals surface area contributed by atoms with Gasteiger partial charge in [-0.2, -0.15) is 0 Å². The molecule has 2 aliphatic rings. The highest BCUT2D eigenvalue weighted by molar-refractivity contribution is 5.89. The maximum atomic E-state index is 13.7. The fraction of sp³-hybridized carbons (Fsp3) is 0.679. The van der Waals surface area contributed by atoms with Crippen molar-refractivity contribution in [3.63, 3.8) is 0 Å². The third kappa shape index (κ3) is 7.52. The van der Waals surface area contributed by atoms with Gasteiger partial charge in [-0.15, -0.1) is 0 Å². The van der Waals surface area contributed by atoms with Crippen LogP contribution in [0.25, 0.3) is 0 Å². The summed E-state index contributed by atoms with van der Waals surface area (Å²) in [7, 11) is 4.29. The van der Waals surface area contributed by atoms with Gasteiger partial charge in [-0.25, -0.2) is 0 Å². The van der Waals surface area contributed by atoms with Crippen LogP contribution in [-0.4, -0.2) is 70.2 Å². The highest BCUT2D eigenvalue weighted by Gasteiger charge is 2.52. The highest BCUT2D eigenvalue weighted by Crippen LogP contribution is 2.45. The molecule has 0 radical (unpaired) electrons. The zero-order valence-corrected chi connectivity index (χ0v) is 22.5. The average Bonchev–Trinajstić information content (AvgIpc) is 3.52. The number of ether oxygens (including phenoxy) is 4. The van der Waals surface area contributed by atoms with Gasteiger partial charge in [0.2, 0.25) is 11.8 Å². The number of carbonyl (C=O) groups is 3. The zero-order valence-electron chi connectivity index (χ0n) is 22.5. The predicted octanol–water partition coefficient (Wildman–Crippen LogP) is 2.54. The number of aryl methyl sites for hydroxylation is 1. The number of benzene rings is 1. The molecule has 0 saturated carbocycles. The van der Waals surface area contributed by atoms with E-state index >= 15 is 0 Å². The molecule has 9 heteroatoms. The Morgan fingerprint density at radius 3 is 2.41 bits per heavy atom. The lowest BCUT2D eigenvalue weighted by Gasteiger charge is -2.31. The van der Waals surface area contributed by atoms with E-state index in [4.69, 9.17) is 18.9 Å². The Hall–Kier alpha value is -2.49. The fourth-order valence-corrected chi connectivity index (χ4v) is 5.56. The van der Waals surface area contributed by atoms with Crippen LogP contribution in [0.5, 0.6) is 0 Å². The second-order valence-electron chi connectivity index (χ2n) is 9.85. The second-order valence-corrected chi connectivity index (χ2v) is 9.85. The Bertz CT molecular complexity index is 904. The number of unbranched alkanes of at least 4 members (excludes halogenated alkanes) is 2. The summed E-state index contributed by atoms with van der Waals surface area (Å²) in [6.45, 7) is 2.63. The summed E-state index contributed by atoms with van der Waals surface area (Å²) in [6.07, 6.45) is 5.07. The van der Waals surface area contributed by atoms with Crippen LogP contribution in [0.15, 0.2) is 24.3 Å². The molecule has 2 N–H and O–H groups in total. The average molecular weight is 519 g/mol. The molecule has 2 aliphatic heterocycles. The van der Waals surface area contributed by atoms with E-state index in [1.54, 1.807) is 0 Å². The van der Waals surface area contributed by atoms with E-state index in [-0.39, 0.29) is 35.9 Å². The number of hydrogen-bond donors (Lipinski definition) is 2. The van der Waals surface area contributed by atoms with Gasteiger partial charge in [-0.1, -0.05) is 44.0 Å². The lowest BCUT2D eigenvalue weighted by Crippen LogP contribution is -2.57. The summed E-state index contributed by atoms with van der Waals surface area (Å²) < 4.78 is 21.7. The molecule has 37 heavy (non-hydrogen) atoms. The van der Waals surface area contributed by atoms with Crippen molar-refractivity contribution in [1.29, 1.82) is 0 Å². The number of rotatable bonds is 15. The first-order valence-electron chi connectivity index (χ1n) is 13.4. The molecule has 9 nitrogen and oxygen atoms in total. The molecule has 2 fully saturated rings. The Balaban J connectivity index is 1.73. The summed E-state index contributed by atoms with van der Waals surface area (Å²) in [5, 5.41) is 5.82. The van der Waals surface area contributed by atoms with Crippen LogP contribution in [0.1, 0.15) is 56.6 Å². The predicted molar refractivity (Wildman–Crippen MR) is 138 cm³/mol. The Morgan fingerprint density at radius 2 is 1.73 bits per heavy atom. The van der Waals surface area contributed by atoms with Crippen LogP contribution < -0.4 is 10.6 Å². The number of amides is 2. The minimum absolute atomic E-state index is 0.0172. The quantitative estimate of drug-likeness (QED) is 0.208. The lowest BCUT2D eigenvalue weighted by molar-refractivity contribution is -0.155. The van der Waals surface area contributed by atoms with Gasteiger partial charge >= 0.3 is 5.97 Å². The Labute approximate surface area is 219 Å². The topological polar surface area (TPSA) is 112 Å². The van der Waals surface area contributed by atoms with Crippen LogP contribution in [0, 0.1) is 11.8 Å². The van der Waals surface area contributed by atoms with Crippen LogP contribution in [0.3, 0.4) is 0 Å². The van der Waals surface area contributed by atoms with Crippen LogP contribution in [-0.2, 0) is 46.2 Å². The van der Waals surface area contributed by atoms with Crippen molar-refractivity contribution in [1.82, 2.24) is 10.6 Å². The second kappa shape index (κ2) is 14.4. The van der Waals surface area contributed by atoms with Gasteiger partial charge in [0.1, 0.15) is 0 Å². The number of nitrogens with one attached hydrogen (secondary N) is 2. The van der Waals surface area contributed by atoms with Crippen molar-refractivity contribution in [3.05, 3.63) is 35.4 Å². The molecule has 2 amide bonds. The number of esters is 1. The maximum absolute atomic E-state index is 13.7. The summed E-state index contributed by atoms with van der Waals surface area (Å²) >= 11 is 0. The third-order valence-electron chi connectivity index (χ3n) is 7.52. The van der Waals surface area contributed by atoms with Gasteiger partial charge < -0.3 is 29.6 Å². The number of carbonyl (C=O) groups excluding carboxylic acids is 3. The van der Waals surface area contributed by atoms with E-state index in [0.717, 1.165) is 43.2 Å². The molecule has 5 atom stereocenters. The van der Waals surface area contributed by atoms with Crippen LogP contribution >= 0.6 is 0 Å². The number of methoxy groups -OCH3 is 3. The van der Waals surface area contributed by atoms with Crippen molar-refractivity contribution in [2.45, 2.75) is 82.8 Å². The van der Waals surface area contributed by atoms with Crippen molar-refractivity contribution in [2.24, 2.45) is 11.8 Å². The van der Waals surface area contributed by atoms with Gasteiger partial charge in [-0.05, 0) is 43.2 Å². The number of fused-ring (bicyclic) bond motifs is 2. The van der Waals surface area contributed by atoms with Crippen LogP contribution in [0.2, 0.25) is 0 Å². The summed E-state index contributed by atoms with van der Waals surface area (Å²) in [6, 6.07) is 7.02. The molecule has 2 heterocycles. The van der Waals surface area contributed by atoms with E-state index in [0.29, 0.717) is 25.8 Å². The first kappa shape index (κ1) is 29.1. The monoisotopic (exact) mass is 518 g/mol. The Kier molecular flexibility index (Phi) is 11.4. The molecular weight excluding hydrogens is 476 g/mol. The first-order valence-corrected chi connectivity index (χ1v) is 13.4. The van der Waals surface area contributed by atoms with Gasteiger partial charge in [-0.3, -0.25) is 14.4 Å². The minimum atomic E-state index is -0.976. The van der Waals surface area contributed by atoms with E-state index in [1.807, 2.05) is 24.3 Å². The van der Waals surface area contributed by atoms with Crippen molar-refractivity contribution in [2.75, 3.05) is 27.9 Å². The summed E-state index contributed by atoms with van der Waals surface area (Å²) in [4.78, 5) is 38.3. The van der Waals surface area contributed by atoms with Gasteiger partial charge in [0.25, 0.3) is 0 Å². The van der Waals surface area contributed by atoms with E-state index < -0.39 is 18.2 Å². The van der Waals surface area contributed by atoms with Crippen molar-refractivity contribution >= 4 is 17.8 Å². The smallest absolute Gasteiger partial charge is 0.305 e. The zero-order chi connectivity index (χ0) is 26.8. The van der Waals surface area contributed by atoms with E-state index in [2.05, 4.69) is 17.6 Å². The summed E-state index contributed by atoms with van der Waals surface area (Å²) in [5.74, 6) is -1.23. The molecule has 206 valence electrons. The van der Waals surface area contributed by atoms with E-state index in [1.165, 1.54) is 21.3 Å². The van der Waals surface area contributed by atoms with Crippen LogP contribution in [0.4, 0.5) is 0 Å². The third-order valence-corrected chi connectivity index (χ3v) is 7.52. The molecule has 3 rings (SSSR count). The van der Waals surface area contributed by atoms with Gasteiger partial charge in [0.05, 0.1) is 25.2 Å². The molecule has 0 aromatic heterocycles. The molecule has 2 saturated heterocycles. The molecule has 1 unspecified atom stereocenters. The Morgan fingerprint density at radius 1 is 1.03 bits per heavy atom. The SMILES string of the molecule is CCCCCNC(=O)C(NC(=O)[C@H]1[C@@H](Cc2ccccc2CCC(=O)OC)[C@@H]2CC[C@H]1O2)C(OC)OC. The van der Waals surface area contributed by atoms with Crippen molar-refractivity contribution in [3.8, 4) is 0 Å². The molecule has 2 bridgehead atoms. The molecule has 0 spiro atoms. The molecule has 1 aromatic carbocycles. The first-order chi connectivity index (χ1) is 17.9. The van der Waals surface area contributed by atoms with Crippen molar-refractivity contribution < 1.29 is 33.3 Å². The van der Waals surface area contributed by atoms with E-state index in [9.17, 15) is 14.4 Å². The largest absolute Gasteiger partial charge is 0.469 e.